The summed E-state index contributed by atoms with van der Waals surface area (Å²) < 4.78 is 26.6. The molecule has 1 atom stereocenters. The molecule has 0 aromatic heterocycles. The number of para-hydroxylation sites is 1. The third kappa shape index (κ3) is 2.55. The van der Waals surface area contributed by atoms with Crippen LogP contribution in [0.5, 0.6) is 0 Å². The van der Waals surface area contributed by atoms with Gasteiger partial charge in [-0.3, -0.25) is 9.59 Å². The van der Waals surface area contributed by atoms with E-state index in [1.165, 1.54) is 42.5 Å². The third-order valence-electron chi connectivity index (χ3n) is 3.44. The van der Waals surface area contributed by atoms with Crippen molar-refractivity contribution in [1.29, 1.82) is 0 Å². The molecule has 0 unspecified atom stereocenters. The monoisotopic (exact) mass is 302 g/mol. The van der Waals surface area contributed by atoms with Crippen LogP contribution in [0.15, 0.2) is 48.5 Å². The highest BCUT2D eigenvalue weighted by Crippen LogP contribution is 2.25. The van der Waals surface area contributed by atoms with E-state index in [4.69, 9.17) is 0 Å². The number of rotatable bonds is 3. The summed E-state index contributed by atoms with van der Waals surface area (Å²) in [4.78, 5) is 25.4. The van der Waals surface area contributed by atoms with E-state index in [0.717, 1.165) is 4.90 Å². The number of halogens is 2. The third-order valence-corrected chi connectivity index (χ3v) is 3.44. The van der Waals surface area contributed by atoms with Crippen LogP contribution in [0.1, 0.15) is 6.42 Å². The molecule has 2 aromatic carbocycles. The zero-order valence-electron chi connectivity index (χ0n) is 11.4. The Morgan fingerprint density at radius 3 is 2.36 bits per heavy atom. The highest BCUT2D eigenvalue weighted by Gasteiger charge is 2.39. The van der Waals surface area contributed by atoms with Crippen molar-refractivity contribution in [1.82, 2.24) is 0 Å². The van der Waals surface area contributed by atoms with Gasteiger partial charge in [-0.1, -0.05) is 12.1 Å². The molecule has 1 saturated heterocycles. The van der Waals surface area contributed by atoms with E-state index in [9.17, 15) is 18.4 Å². The van der Waals surface area contributed by atoms with E-state index in [1.807, 2.05) is 0 Å². The molecule has 2 aromatic rings. The number of hydrogen-bond acceptors (Lipinski definition) is 3. The Morgan fingerprint density at radius 2 is 1.68 bits per heavy atom. The maximum Gasteiger partial charge on any atom is 0.256 e. The summed E-state index contributed by atoms with van der Waals surface area (Å²) in [5.41, 5.74) is 0.462. The Labute approximate surface area is 125 Å². The lowest BCUT2D eigenvalue weighted by atomic mass is 10.2. The number of nitrogens with zero attached hydrogens (tertiary/aromatic N) is 1. The largest absolute Gasteiger partial charge is 0.371 e. The van der Waals surface area contributed by atoms with E-state index in [0.29, 0.717) is 5.69 Å². The van der Waals surface area contributed by atoms with Gasteiger partial charge in [0, 0.05) is 0 Å². The van der Waals surface area contributed by atoms with E-state index >= 15 is 0 Å². The molecular formula is C16H12F2N2O2. The number of amides is 2. The minimum Gasteiger partial charge on any atom is -0.371 e. The fourth-order valence-corrected chi connectivity index (χ4v) is 2.37. The highest BCUT2D eigenvalue weighted by molar-refractivity contribution is 6.23. The molecule has 112 valence electrons. The van der Waals surface area contributed by atoms with Gasteiger partial charge in [0.15, 0.2) is 0 Å². The number of nitrogens with one attached hydrogen (secondary N) is 1. The SMILES string of the molecule is O=C1C[C@@H](Nc2ccccc2F)C(=O)N1c1ccc(F)cc1. The van der Waals surface area contributed by atoms with Gasteiger partial charge in [-0.2, -0.15) is 0 Å². The van der Waals surface area contributed by atoms with Gasteiger partial charge in [-0.15, -0.1) is 0 Å². The first-order chi connectivity index (χ1) is 10.6. The number of anilines is 2. The van der Waals surface area contributed by atoms with Crippen molar-refractivity contribution in [2.45, 2.75) is 12.5 Å². The first kappa shape index (κ1) is 14.2. The second-order valence-corrected chi connectivity index (χ2v) is 4.92. The predicted octanol–water partition coefficient (Wildman–Crippen LogP) is 2.71. The van der Waals surface area contributed by atoms with Crippen LogP contribution in [0, 0.1) is 11.6 Å². The van der Waals surface area contributed by atoms with E-state index in [2.05, 4.69) is 5.32 Å². The molecule has 0 radical (unpaired) electrons. The van der Waals surface area contributed by atoms with Crippen molar-refractivity contribution in [3.8, 4) is 0 Å². The average molecular weight is 302 g/mol. The molecule has 2 amide bonds. The maximum atomic E-state index is 13.6. The zero-order valence-corrected chi connectivity index (χ0v) is 11.4. The first-order valence-corrected chi connectivity index (χ1v) is 6.69. The molecule has 1 aliphatic rings. The molecule has 1 heterocycles. The van der Waals surface area contributed by atoms with E-state index in [-0.39, 0.29) is 12.1 Å². The van der Waals surface area contributed by atoms with Crippen LogP contribution in [0.2, 0.25) is 0 Å². The Morgan fingerprint density at radius 1 is 1.00 bits per heavy atom. The fourth-order valence-electron chi connectivity index (χ4n) is 2.37. The molecular weight excluding hydrogens is 290 g/mol. The summed E-state index contributed by atoms with van der Waals surface area (Å²) in [6.07, 6.45) is -0.0788. The summed E-state index contributed by atoms with van der Waals surface area (Å²) in [5.74, 6) is -1.85. The smallest absolute Gasteiger partial charge is 0.256 e. The number of carbonyl (C=O) groups excluding carboxylic acids is 2. The minimum atomic E-state index is -0.838. The molecule has 0 aliphatic carbocycles. The number of carbonyl (C=O) groups is 2. The molecule has 1 fully saturated rings. The lowest BCUT2D eigenvalue weighted by molar-refractivity contribution is -0.121. The Hall–Kier alpha value is -2.76. The van der Waals surface area contributed by atoms with Crippen LogP contribution in [0.3, 0.4) is 0 Å². The molecule has 3 rings (SSSR count). The van der Waals surface area contributed by atoms with Crippen molar-refractivity contribution in [3.05, 3.63) is 60.2 Å². The summed E-state index contributed by atoms with van der Waals surface area (Å²) in [5, 5.41) is 2.74. The average Bonchev–Trinajstić information content (AvgIpc) is 2.77. The number of imide groups is 1. The van der Waals surface area contributed by atoms with Crippen molar-refractivity contribution in [3.63, 3.8) is 0 Å². The van der Waals surface area contributed by atoms with Crippen LogP contribution in [-0.2, 0) is 9.59 Å². The molecule has 1 N–H and O–H groups in total. The van der Waals surface area contributed by atoms with Crippen LogP contribution in [0.25, 0.3) is 0 Å². The normalized spacial score (nSPS) is 17.9. The maximum absolute atomic E-state index is 13.6. The number of hydrogen-bond donors (Lipinski definition) is 1. The lowest BCUT2D eigenvalue weighted by Gasteiger charge is -2.16. The summed E-state index contributed by atoms with van der Waals surface area (Å²) in [6, 6.07) is 10.1. The molecule has 0 spiro atoms. The van der Waals surface area contributed by atoms with E-state index < -0.39 is 29.5 Å². The summed E-state index contributed by atoms with van der Waals surface area (Å²) in [6.45, 7) is 0. The summed E-state index contributed by atoms with van der Waals surface area (Å²) >= 11 is 0. The van der Waals surface area contributed by atoms with Crippen LogP contribution >= 0.6 is 0 Å². The van der Waals surface area contributed by atoms with Gasteiger partial charge in [0.05, 0.1) is 17.8 Å². The van der Waals surface area contributed by atoms with Crippen molar-refractivity contribution in [2.24, 2.45) is 0 Å². The van der Waals surface area contributed by atoms with Gasteiger partial charge >= 0.3 is 0 Å². The number of benzene rings is 2. The second kappa shape index (κ2) is 5.55. The molecule has 22 heavy (non-hydrogen) atoms. The lowest BCUT2D eigenvalue weighted by Crippen LogP contribution is -2.34. The minimum absolute atomic E-state index is 0.0788. The van der Waals surface area contributed by atoms with Gasteiger partial charge < -0.3 is 5.32 Å². The standard InChI is InChI=1S/C16H12F2N2O2/c17-10-5-7-11(8-6-10)20-15(21)9-14(16(20)22)19-13-4-2-1-3-12(13)18/h1-8,14,19H,9H2/t14-/m1/s1. The fraction of sp³-hybridized carbons (Fsp3) is 0.125. The van der Waals surface area contributed by atoms with Crippen LogP contribution in [0.4, 0.5) is 20.2 Å². The van der Waals surface area contributed by atoms with Crippen LogP contribution < -0.4 is 10.2 Å². The topological polar surface area (TPSA) is 49.4 Å². The molecule has 4 nitrogen and oxygen atoms in total. The summed E-state index contributed by atoms with van der Waals surface area (Å²) in [7, 11) is 0. The van der Waals surface area contributed by atoms with Crippen molar-refractivity contribution >= 4 is 23.2 Å². The van der Waals surface area contributed by atoms with Gasteiger partial charge in [-0.05, 0) is 36.4 Å². The van der Waals surface area contributed by atoms with Gasteiger partial charge in [0.1, 0.15) is 17.7 Å². The molecule has 1 aliphatic heterocycles. The van der Waals surface area contributed by atoms with Crippen LogP contribution in [-0.4, -0.2) is 17.9 Å². The zero-order chi connectivity index (χ0) is 15.7. The predicted molar refractivity (Wildman–Crippen MR) is 77.3 cm³/mol. The van der Waals surface area contributed by atoms with Gasteiger partial charge in [0.2, 0.25) is 5.91 Å². The molecule has 6 heteroatoms. The molecule has 0 saturated carbocycles. The van der Waals surface area contributed by atoms with Crippen molar-refractivity contribution < 1.29 is 18.4 Å². The molecule has 0 bridgehead atoms. The Bertz CT molecular complexity index is 731. The highest BCUT2D eigenvalue weighted by atomic mass is 19.1. The Balaban J connectivity index is 1.82. The van der Waals surface area contributed by atoms with Crippen molar-refractivity contribution in [2.75, 3.05) is 10.2 Å². The van der Waals surface area contributed by atoms with Gasteiger partial charge in [0.25, 0.3) is 5.91 Å². The Kier molecular flexibility index (Phi) is 3.58. The van der Waals surface area contributed by atoms with Gasteiger partial charge in [-0.25, -0.2) is 13.7 Å². The second-order valence-electron chi connectivity index (χ2n) is 4.92. The van der Waals surface area contributed by atoms with E-state index in [1.54, 1.807) is 6.07 Å². The quantitative estimate of drug-likeness (QED) is 0.887. The first-order valence-electron chi connectivity index (χ1n) is 6.69.